The van der Waals surface area contributed by atoms with Crippen molar-refractivity contribution in [3.63, 3.8) is 0 Å². The molecule has 0 unspecified atom stereocenters. The first-order valence-corrected chi connectivity index (χ1v) is 7.70. The van der Waals surface area contributed by atoms with E-state index in [2.05, 4.69) is 5.32 Å². The van der Waals surface area contributed by atoms with E-state index < -0.39 is 17.7 Å². The first kappa shape index (κ1) is 18.7. The van der Waals surface area contributed by atoms with Crippen molar-refractivity contribution in [1.29, 1.82) is 0 Å². The third-order valence-electron chi connectivity index (χ3n) is 2.90. The molecule has 0 heterocycles. The van der Waals surface area contributed by atoms with Crippen LogP contribution < -0.4 is 5.32 Å². The molecule has 0 aromatic heterocycles. The fourth-order valence-corrected chi connectivity index (χ4v) is 1.84. The van der Waals surface area contributed by atoms with Crippen molar-refractivity contribution in [2.45, 2.75) is 45.6 Å². The van der Waals surface area contributed by atoms with Crippen LogP contribution in [0.25, 0.3) is 6.08 Å². The Bertz CT molecular complexity index is 541. The lowest BCUT2D eigenvalue weighted by Gasteiger charge is -2.19. The molecule has 0 fully saturated rings. The minimum atomic E-state index is -0.786. The number of alkyl carbamates (subject to hydrolysis) is 1. The molecule has 2 N–H and O–H groups in total. The lowest BCUT2D eigenvalue weighted by Crippen LogP contribution is -2.32. The van der Waals surface area contributed by atoms with E-state index in [0.29, 0.717) is 19.4 Å². The molecule has 0 atom stereocenters. The van der Waals surface area contributed by atoms with Gasteiger partial charge < -0.3 is 15.2 Å². The highest BCUT2D eigenvalue weighted by Crippen LogP contribution is 2.09. The summed E-state index contributed by atoms with van der Waals surface area (Å²) in [6, 6.07) is 7.77. The fraction of sp³-hybridized carbons (Fsp3) is 0.444. The summed E-state index contributed by atoms with van der Waals surface area (Å²) in [5.74, 6) is -0.786. The molecule has 1 rings (SSSR count). The van der Waals surface area contributed by atoms with Crippen LogP contribution in [0.2, 0.25) is 0 Å². The molecule has 1 aromatic carbocycles. The smallest absolute Gasteiger partial charge is 0.407 e. The molecule has 0 aliphatic heterocycles. The third kappa shape index (κ3) is 9.34. The van der Waals surface area contributed by atoms with E-state index in [4.69, 9.17) is 9.84 Å². The van der Waals surface area contributed by atoms with Crippen LogP contribution in [0.1, 0.15) is 44.7 Å². The van der Waals surface area contributed by atoms with E-state index in [1.54, 1.807) is 0 Å². The Labute approximate surface area is 137 Å². The fourth-order valence-electron chi connectivity index (χ4n) is 1.84. The number of nitrogens with one attached hydrogen (secondary N) is 1. The summed E-state index contributed by atoms with van der Waals surface area (Å²) in [5.41, 5.74) is 1.57. The third-order valence-corrected chi connectivity index (χ3v) is 2.90. The van der Waals surface area contributed by atoms with Crippen molar-refractivity contribution in [2.75, 3.05) is 6.54 Å². The molecule has 0 radical (unpaired) electrons. The largest absolute Gasteiger partial charge is 0.481 e. The number of carbonyl (C=O) groups excluding carboxylic acids is 1. The maximum absolute atomic E-state index is 11.4. The molecule has 0 spiro atoms. The molecule has 0 aliphatic carbocycles. The number of carboxylic acid groups (broad SMARTS) is 1. The van der Waals surface area contributed by atoms with Crippen LogP contribution in [0.5, 0.6) is 0 Å². The number of hydrogen-bond donors (Lipinski definition) is 2. The summed E-state index contributed by atoms with van der Waals surface area (Å²) in [5, 5.41) is 11.3. The zero-order chi connectivity index (χ0) is 17.3. The lowest BCUT2D eigenvalue weighted by molar-refractivity contribution is -0.136. The average molecular weight is 319 g/mol. The molecule has 0 saturated heterocycles. The molecule has 0 bridgehead atoms. The highest BCUT2D eigenvalue weighted by molar-refractivity contribution is 5.67. The SMILES string of the molecule is CC(C)(C)OC(=O)NCCC=Cc1ccc(CCC(=O)O)cc1. The first-order chi connectivity index (χ1) is 10.8. The second-order valence-corrected chi connectivity index (χ2v) is 6.26. The van der Waals surface area contributed by atoms with Crippen molar-refractivity contribution >= 4 is 18.1 Å². The standard InChI is InChI=1S/C18H25NO4/c1-18(2,3)23-17(22)19-13-5-4-6-14-7-9-15(10-8-14)11-12-16(20)21/h4,6-10H,5,11-13H2,1-3H3,(H,19,22)(H,20,21). The predicted octanol–water partition coefficient (Wildman–Crippen LogP) is 3.63. The van der Waals surface area contributed by atoms with E-state index in [-0.39, 0.29) is 6.42 Å². The van der Waals surface area contributed by atoms with Gasteiger partial charge >= 0.3 is 12.1 Å². The van der Waals surface area contributed by atoms with Crippen LogP contribution in [0.15, 0.2) is 30.3 Å². The van der Waals surface area contributed by atoms with Gasteiger partial charge in [0.05, 0.1) is 0 Å². The van der Waals surface area contributed by atoms with Crippen molar-refractivity contribution < 1.29 is 19.4 Å². The Morgan fingerprint density at radius 3 is 2.43 bits per heavy atom. The number of carbonyl (C=O) groups is 2. The van der Waals surface area contributed by atoms with Gasteiger partial charge in [-0.25, -0.2) is 4.79 Å². The van der Waals surface area contributed by atoms with E-state index in [9.17, 15) is 9.59 Å². The van der Waals surface area contributed by atoms with Gasteiger partial charge in [0, 0.05) is 13.0 Å². The lowest BCUT2D eigenvalue weighted by atomic mass is 10.1. The van der Waals surface area contributed by atoms with Gasteiger partial charge in [-0.1, -0.05) is 36.4 Å². The number of rotatable bonds is 7. The van der Waals surface area contributed by atoms with Crippen LogP contribution in [0.4, 0.5) is 4.79 Å². The molecule has 1 aromatic rings. The average Bonchev–Trinajstić information content (AvgIpc) is 2.44. The first-order valence-electron chi connectivity index (χ1n) is 7.70. The summed E-state index contributed by atoms with van der Waals surface area (Å²) in [6.45, 7) is 5.99. The number of aliphatic carboxylic acids is 1. The summed E-state index contributed by atoms with van der Waals surface area (Å²) in [6.07, 6.45) is 4.93. The molecule has 5 heteroatoms. The van der Waals surface area contributed by atoms with Crippen LogP contribution in [0.3, 0.4) is 0 Å². The Morgan fingerprint density at radius 1 is 1.22 bits per heavy atom. The van der Waals surface area contributed by atoms with Gasteiger partial charge in [-0.3, -0.25) is 4.79 Å². The number of hydrogen-bond acceptors (Lipinski definition) is 3. The van der Waals surface area contributed by atoms with Gasteiger partial charge in [0.25, 0.3) is 0 Å². The van der Waals surface area contributed by atoms with E-state index in [1.807, 2.05) is 57.2 Å². The number of ether oxygens (including phenoxy) is 1. The summed E-state index contributed by atoms with van der Waals surface area (Å²) >= 11 is 0. The minimum absolute atomic E-state index is 0.144. The molecule has 23 heavy (non-hydrogen) atoms. The number of aryl methyl sites for hydroxylation is 1. The van der Waals surface area contributed by atoms with Gasteiger partial charge in [-0.2, -0.15) is 0 Å². The highest BCUT2D eigenvalue weighted by atomic mass is 16.6. The van der Waals surface area contributed by atoms with Crippen molar-refractivity contribution in [2.24, 2.45) is 0 Å². The van der Waals surface area contributed by atoms with Crippen LogP contribution in [0, 0.1) is 0 Å². The van der Waals surface area contributed by atoms with Gasteiger partial charge in [-0.05, 0) is 44.7 Å². The molecule has 1 amide bonds. The van der Waals surface area contributed by atoms with Crippen molar-refractivity contribution in [3.8, 4) is 0 Å². The molecule has 0 saturated carbocycles. The Kier molecular flexibility index (Phi) is 7.32. The Balaban J connectivity index is 2.29. The molecular weight excluding hydrogens is 294 g/mol. The number of amides is 1. The zero-order valence-electron chi connectivity index (χ0n) is 14.0. The highest BCUT2D eigenvalue weighted by Gasteiger charge is 2.15. The predicted molar refractivity (Wildman–Crippen MR) is 90.3 cm³/mol. The normalized spacial score (nSPS) is 11.4. The van der Waals surface area contributed by atoms with Gasteiger partial charge in [0.15, 0.2) is 0 Å². The second kappa shape index (κ2) is 8.98. The van der Waals surface area contributed by atoms with Crippen LogP contribution in [-0.2, 0) is 16.0 Å². The maximum Gasteiger partial charge on any atom is 0.407 e. The molecule has 0 aliphatic rings. The number of carboxylic acids is 1. The number of benzene rings is 1. The van der Waals surface area contributed by atoms with Gasteiger partial charge in [-0.15, -0.1) is 0 Å². The van der Waals surface area contributed by atoms with Crippen LogP contribution in [-0.4, -0.2) is 29.3 Å². The molecular formula is C18H25NO4. The van der Waals surface area contributed by atoms with Gasteiger partial charge in [0.2, 0.25) is 0 Å². The Hall–Kier alpha value is -2.30. The van der Waals surface area contributed by atoms with Crippen molar-refractivity contribution in [3.05, 3.63) is 41.5 Å². The zero-order valence-corrected chi connectivity index (χ0v) is 14.0. The minimum Gasteiger partial charge on any atom is -0.481 e. The summed E-state index contributed by atoms with van der Waals surface area (Å²) in [7, 11) is 0. The molecule has 126 valence electrons. The monoisotopic (exact) mass is 319 g/mol. The summed E-state index contributed by atoms with van der Waals surface area (Å²) in [4.78, 5) is 22.0. The second-order valence-electron chi connectivity index (χ2n) is 6.26. The van der Waals surface area contributed by atoms with Crippen LogP contribution >= 0.6 is 0 Å². The van der Waals surface area contributed by atoms with E-state index in [1.165, 1.54) is 0 Å². The Morgan fingerprint density at radius 2 is 1.87 bits per heavy atom. The van der Waals surface area contributed by atoms with E-state index in [0.717, 1.165) is 11.1 Å². The van der Waals surface area contributed by atoms with Gasteiger partial charge in [0.1, 0.15) is 5.60 Å². The van der Waals surface area contributed by atoms with E-state index >= 15 is 0 Å². The quantitative estimate of drug-likeness (QED) is 0.752. The summed E-state index contributed by atoms with van der Waals surface area (Å²) < 4.78 is 5.14. The topological polar surface area (TPSA) is 75.6 Å². The van der Waals surface area contributed by atoms with Crippen molar-refractivity contribution in [1.82, 2.24) is 5.32 Å². The maximum atomic E-state index is 11.4. The molecule has 5 nitrogen and oxygen atoms in total.